The minimum absolute atomic E-state index is 0.128. The Labute approximate surface area is 121 Å². The van der Waals surface area contributed by atoms with E-state index in [9.17, 15) is 9.90 Å². The molecule has 1 amide bonds. The first-order valence-corrected chi connectivity index (χ1v) is 8.04. The standard InChI is InChI=1S/C15H18BrNO2/c16-9-2-1-7-15-8-3-4-10-12(18)6-5-11(13(10)15)17-14(15)19/h5-6,18H,1-4,7-9H2,(H,17,19)/t15-/m0/s1. The maximum Gasteiger partial charge on any atom is 0.235 e. The maximum absolute atomic E-state index is 12.5. The first kappa shape index (κ1) is 13.0. The predicted molar refractivity (Wildman–Crippen MR) is 79.0 cm³/mol. The van der Waals surface area contributed by atoms with Gasteiger partial charge >= 0.3 is 0 Å². The molecule has 2 aliphatic rings. The van der Waals surface area contributed by atoms with Gasteiger partial charge < -0.3 is 10.4 Å². The number of phenols is 1. The molecule has 3 nitrogen and oxygen atoms in total. The van der Waals surface area contributed by atoms with E-state index in [2.05, 4.69) is 21.2 Å². The van der Waals surface area contributed by atoms with Crippen LogP contribution in [0.25, 0.3) is 0 Å². The molecule has 102 valence electrons. The van der Waals surface area contributed by atoms with Gasteiger partial charge in [0.15, 0.2) is 0 Å². The average Bonchev–Trinajstić information content (AvgIpc) is 2.69. The summed E-state index contributed by atoms with van der Waals surface area (Å²) < 4.78 is 0. The number of halogens is 1. The Morgan fingerprint density at radius 2 is 2.21 bits per heavy atom. The first-order valence-electron chi connectivity index (χ1n) is 6.92. The normalized spacial score (nSPS) is 24.2. The molecule has 0 fully saturated rings. The zero-order valence-electron chi connectivity index (χ0n) is 10.8. The van der Waals surface area contributed by atoms with Crippen LogP contribution >= 0.6 is 15.9 Å². The molecule has 3 rings (SSSR count). The fourth-order valence-corrected chi connectivity index (χ4v) is 3.98. The van der Waals surface area contributed by atoms with E-state index >= 15 is 0 Å². The summed E-state index contributed by atoms with van der Waals surface area (Å²) >= 11 is 3.44. The van der Waals surface area contributed by atoms with Crippen molar-refractivity contribution in [2.75, 3.05) is 10.6 Å². The number of unbranched alkanes of at least 4 members (excludes halogenated alkanes) is 1. The van der Waals surface area contributed by atoms with Gasteiger partial charge in [-0.25, -0.2) is 0 Å². The molecular formula is C15H18BrNO2. The largest absolute Gasteiger partial charge is 0.508 e. The number of alkyl halides is 1. The zero-order chi connectivity index (χ0) is 13.5. The summed E-state index contributed by atoms with van der Waals surface area (Å²) in [6.45, 7) is 0. The maximum atomic E-state index is 12.5. The molecule has 0 bridgehead atoms. The summed E-state index contributed by atoms with van der Waals surface area (Å²) in [5.41, 5.74) is 2.60. The highest BCUT2D eigenvalue weighted by atomic mass is 79.9. The Hall–Kier alpha value is -1.03. The molecule has 1 atom stereocenters. The Bertz CT molecular complexity index is 529. The van der Waals surface area contributed by atoms with Gasteiger partial charge in [-0.05, 0) is 49.8 Å². The van der Waals surface area contributed by atoms with E-state index in [0.717, 1.165) is 60.7 Å². The second kappa shape index (κ2) is 4.82. The lowest BCUT2D eigenvalue weighted by Gasteiger charge is -2.33. The zero-order valence-corrected chi connectivity index (χ0v) is 12.4. The SMILES string of the molecule is O=C1Nc2ccc(O)c3c2[C@]1(CCCCBr)CCC3. The fourth-order valence-electron chi connectivity index (χ4n) is 3.59. The number of hydrogen-bond acceptors (Lipinski definition) is 2. The van der Waals surface area contributed by atoms with Gasteiger partial charge in [0.2, 0.25) is 5.91 Å². The van der Waals surface area contributed by atoms with Gasteiger partial charge in [0.1, 0.15) is 5.75 Å². The van der Waals surface area contributed by atoms with Crippen LogP contribution in [0, 0.1) is 0 Å². The van der Waals surface area contributed by atoms with Crippen LogP contribution in [-0.2, 0) is 16.6 Å². The number of carbonyl (C=O) groups is 1. The molecule has 2 N–H and O–H groups in total. The van der Waals surface area contributed by atoms with E-state index in [1.807, 2.05) is 6.07 Å². The number of anilines is 1. The highest BCUT2D eigenvalue weighted by molar-refractivity contribution is 9.09. The van der Waals surface area contributed by atoms with Crippen LogP contribution in [0.4, 0.5) is 5.69 Å². The number of benzene rings is 1. The third kappa shape index (κ3) is 1.88. The first-order chi connectivity index (χ1) is 9.19. The fraction of sp³-hybridized carbons (Fsp3) is 0.533. The van der Waals surface area contributed by atoms with E-state index in [1.54, 1.807) is 6.07 Å². The second-order valence-corrected chi connectivity index (χ2v) is 6.31. The molecule has 0 saturated heterocycles. The smallest absolute Gasteiger partial charge is 0.235 e. The van der Waals surface area contributed by atoms with Crippen molar-refractivity contribution in [3.63, 3.8) is 0 Å². The molecule has 1 aliphatic carbocycles. The van der Waals surface area contributed by atoms with Gasteiger partial charge in [-0.15, -0.1) is 0 Å². The number of aromatic hydroxyl groups is 1. The molecule has 1 aliphatic heterocycles. The molecule has 0 unspecified atom stereocenters. The lowest BCUT2D eigenvalue weighted by Crippen LogP contribution is -2.37. The van der Waals surface area contributed by atoms with E-state index in [4.69, 9.17) is 0 Å². The van der Waals surface area contributed by atoms with Gasteiger partial charge in [0.05, 0.1) is 5.41 Å². The van der Waals surface area contributed by atoms with Gasteiger partial charge in [-0.2, -0.15) is 0 Å². The van der Waals surface area contributed by atoms with E-state index in [-0.39, 0.29) is 11.3 Å². The highest BCUT2D eigenvalue weighted by Crippen LogP contribution is 2.51. The van der Waals surface area contributed by atoms with Crippen molar-refractivity contribution in [1.29, 1.82) is 0 Å². The van der Waals surface area contributed by atoms with Gasteiger partial charge in [-0.1, -0.05) is 22.4 Å². The van der Waals surface area contributed by atoms with Crippen molar-refractivity contribution in [3.05, 3.63) is 23.3 Å². The molecule has 0 spiro atoms. The summed E-state index contributed by atoms with van der Waals surface area (Å²) in [5.74, 6) is 0.475. The van der Waals surface area contributed by atoms with Gasteiger partial charge in [-0.3, -0.25) is 4.79 Å². The lowest BCUT2D eigenvalue weighted by molar-refractivity contribution is -0.121. The third-order valence-corrected chi connectivity index (χ3v) is 5.03. The van der Waals surface area contributed by atoms with E-state index in [1.165, 1.54) is 0 Å². The molecule has 1 aromatic rings. The number of hydrogen-bond donors (Lipinski definition) is 2. The minimum Gasteiger partial charge on any atom is -0.508 e. The van der Waals surface area contributed by atoms with Crippen molar-refractivity contribution in [2.45, 2.75) is 43.9 Å². The Balaban J connectivity index is 2.05. The Morgan fingerprint density at radius 1 is 1.37 bits per heavy atom. The number of nitrogens with one attached hydrogen (secondary N) is 1. The van der Waals surface area contributed by atoms with Crippen LogP contribution in [0.2, 0.25) is 0 Å². The van der Waals surface area contributed by atoms with Crippen LogP contribution in [0.5, 0.6) is 5.75 Å². The lowest BCUT2D eigenvalue weighted by atomic mass is 9.68. The van der Waals surface area contributed by atoms with Gasteiger partial charge in [0.25, 0.3) is 0 Å². The summed E-state index contributed by atoms with van der Waals surface area (Å²) in [6.07, 6.45) is 5.76. The molecular weight excluding hydrogens is 306 g/mol. The molecule has 1 heterocycles. The molecule has 0 saturated carbocycles. The average molecular weight is 324 g/mol. The molecule has 1 aromatic carbocycles. The van der Waals surface area contributed by atoms with Gasteiger partial charge in [0, 0.05) is 16.6 Å². The predicted octanol–water partition coefficient (Wildman–Crippen LogP) is 3.48. The number of amides is 1. The van der Waals surface area contributed by atoms with Crippen LogP contribution in [0.1, 0.15) is 43.2 Å². The topological polar surface area (TPSA) is 49.3 Å². The third-order valence-electron chi connectivity index (χ3n) is 4.47. The van der Waals surface area contributed by atoms with Crippen molar-refractivity contribution in [3.8, 4) is 5.75 Å². The van der Waals surface area contributed by atoms with Crippen LogP contribution in [0.15, 0.2) is 12.1 Å². The van der Waals surface area contributed by atoms with Crippen molar-refractivity contribution >= 4 is 27.5 Å². The quantitative estimate of drug-likeness (QED) is 0.506. The Morgan fingerprint density at radius 3 is 3.00 bits per heavy atom. The summed E-state index contributed by atoms with van der Waals surface area (Å²) in [4.78, 5) is 12.5. The van der Waals surface area contributed by atoms with Crippen molar-refractivity contribution in [1.82, 2.24) is 0 Å². The Kier molecular flexibility index (Phi) is 3.29. The van der Waals surface area contributed by atoms with E-state index < -0.39 is 0 Å². The molecule has 4 heteroatoms. The minimum atomic E-state index is -0.385. The number of phenolic OH excluding ortho intramolecular Hbond substituents is 1. The number of carbonyl (C=O) groups excluding carboxylic acids is 1. The number of rotatable bonds is 4. The van der Waals surface area contributed by atoms with Crippen LogP contribution in [-0.4, -0.2) is 16.3 Å². The summed E-state index contributed by atoms with van der Waals surface area (Å²) in [7, 11) is 0. The van der Waals surface area contributed by atoms with Crippen molar-refractivity contribution in [2.24, 2.45) is 0 Å². The highest BCUT2D eigenvalue weighted by Gasteiger charge is 2.49. The van der Waals surface area contributed by atoms with E-state index in [0.29, 0.717) is 5.75 Å². The van der Waals surface area contributed by atoms with Crippen molar-refractivity contribution < 1.29 is 9.90 Å². The summed E-state index contributed by atoms with van der Waals surface area (Å²) in [5, 5.41) is 14.0. The van der Waals surface area contributed by atoms with Crippen LogP contribution < -0.4 is 5.32 Å². The molecule has 0 radical (unpaired) electrons. The molecule has 0 aromatic heterocycles. The monoisotopic (exact) mass is 323 g/mol. The van der Waals surface area contributed by atoms with Crippen LogP contribution in [0.3, 0.4) is 0 Å². The summed E-state index contributed by atoms with van der Waals surface area (Å²) in [6, 6.07) is 3.54. The molecule has 19 heavy (non-hydrogen) atoms. The second-order valence-electron chi connectivity index (χ2n) is 5.52.